The number of sulfone groups is 1. The third-order valence-corrected chi connectivity index (χ3v) is 6.72. The highest BCUT2D eigenvalue weighted by Gasteiger charge is 2.36. The first-order valence-electron chi connectivity index (χ1n) is 9.36. The summed E-state index contributed by atoms with van der Waals surface area (Å²) in [4.78, 5) is 30.4. The molecule has 3 unspecified atom stereocenters. The normalized spacial score (nSPS) is 26.5. The highest BCUT2D eigenvalue weighted by Crippen LogP contribution is 2.24. The standard InChI is InChI=1S/C17H30N4O5S.HI/c1-4-18-17(21-9-12(2)14(10-21)16(23)26-3)19-7-5-15(22)20-13-6-8-27(24,25)11-13;/h12-14H,4-11H2,1-3H3,(H,18,19)(H,20,22);1H. The first kappa shape index (κ1) is 24.9. The molecule has 0 bridgehead atoms. The van der Waals surface area contributed by atoms with Crippen molar-refractivity contribution in [3.05, 3.63) is 0 Å². The maximum Gasteiger partial charge on any atom is 0.310 e. The highest BCUT2D eigenvalue weighted by atomic mass is 127. The van der Waals surface area contributed by atoms with Gasteiger partial charge in [0.1, 0.15) is 0 Å². The fraction of sp³-hybridized carbons (Fsp3) is 0.824. The summed E-state index contributed by atoms with van der Waals surface area (Å²) in [7, 11) is -1.62. The van der Waals surface area contributed by atoms with Gasteiger partial charge in [-0.25, -0.2) is 8.42 Å². The van der Waals surface area contributed by atoms with E-state index in [4.69, 9.17) is 4.74 Å². The number of hydrogen-bond donors (Lipinski definition) is 2. The molecule has 1 amide bonds. The zero-order chi connectivity index (χ0) is 20.0. The lowest BCUT2D eigenvalue weighted by Crippen LogP contribution is -2.41. The van der Waals surface area contributed by atoms with Gasteiger partial charge < -0.3 is 20.3 Å². The quantitative estimate of drug-likeness (QED) is 0.215. The predicted octanol–water partition coefficient (Wildman–Crippen LogP) is 0.00420. The molecule has 2 fully saturated rings. The van der Waals surface area contributed by atoms with Crippen molar-refractivity contribution in [2.45, 2.75) is 32.7 Å². The summed E-state index contributed by atoms with van der Waals surface area (Å²) in [5.41, 5.74) is 0. The minimum atomic E-state index is -3.01. The summed E-state index contributed by atoms with van der Waals surface area (Å²) in [6, 6.07) is -0.292. The molecule has 2 rings (SSSR count). The van der Waals surface area contributed by atoms with E-state index in [0.717, 1.165) is 0 Å². The minimum absolute atomic E-state index is 0. The topological polar surface area (TPSA) is 117 Å². The van der Waals surface area contributed by atoms with Crippen LogP contribution in [0, 0.1) is 11.8 Å². The number of amides is 1. The van der Waals surface area contributed by atoms with Gasteiger partial charge in [-0.2, -0.15) is 0 Å². The van der Waals surface area contributed by atoms with E-state index in [0.29, 0.717) is 38.6 Å². The van der Waals surface area contributed by atoms with Crippen molar-refractivity contribution in [1.82, 2.24) is 15.5 Å². The molecule has 0 spiro atoms. The number of rotatable bonds is 6. The smallest absolute Gasteiger partial charge is 0.310 e. The van der Waals surface area contributed by atoms with Crippen molar-refractivity contribution in [2.75, 3.05) is 44.8 Å². The SMILES string of the molecule is CCNC(=NCCC(=O)NC1CCS(=O)(=O)C1)N1CC(C)C(C(=O)OC)C1.I. The average molecular weight is 530 g/mol. The zero-order valence-corrected chi connectivity index (χ0v) is 19.8. The summed E-state index contributed by atoms with van der Waals surface area (Å²) < 4.78 is 27.8. The lowest BCUT2D eigenvalue weighted by Gasteiger charge is -2.21. The first-order valence-corrected chi connectivity index (χ1v) is 11.2. The Morgan fingerprint density at radius 1 is 1.29 bits per heavy atom. The maximum atomic E-state index is 12.0. The van der Waals surface area contributed by atoms with Crippen molar-refractivity contribution < 1.29 is 22.7 Å². The monoisotopic (exact) mass is 530 g/mol. The third-order valence-electron chi connectivity index (χ3n) is 4.95. The van der Waals surface area contributed by atoms with Crippen LogP contribution in [0.15, 0.2) is 4.99 Å². The number of carbonyl (C=O) groups excluding carboxylic acids is 2. The van der Waals surface area contributed by atoms with Crippen LogP contribution in [-0.2, 0) is 24.2 Å². The van der Waals surface area contributed by atoms with Gasteiger partial charge in [-0.05, 0) is 19.3 Å². The Balaban J connectivity index is 0.00000392. The second kappa shape index (κ2) is 11.2. The molecule has 2 heterocycles. The molecule has 0 aromatic rings. The van der Waals surface area contributed by atoms with Crippen molar-refractivity contribution in [3.63, 3.8) is 0 Å². The molecule has 0 aliphatic carbocycles. The Bertz CT molecular complexity index is 685. The zero-order valence-electron chi connectivity index (χ0n) is 16.6. The summed E-state index contributed by atoms with van der Waals surface area (Å²) >= 11 is 0. The molecular weight excluding hydrogens is 499 g/mol. The van der Waals surface area contributed by atoms with Crippen LogP contribution < -0.4 is 10.6 Å². The van der Waals surface area contributed by atoms with Gasteiger partial charge in [0.15, 0.2) is 15.8 Å². The van der Waals surface area contributed by atoms with Gasteiger partial charge in [-0.15, -0.1) is 24.0 Å². The summed E-state index contributed by atoms with van der Waals surface area (Å²) in [6.45, 7) is 6.16. The van der Waals surface area contributed by atoms with Gasteiger partial charge in [-0.3, -0.25) is 14.6 Å². The molecular formula is C17H31IN4O5S. The Morgan fingerprint density at radius 2 is 2.00 bits per heavy atom. The van der Waals surface area contributed by atoms with Gasteiger partial charge in [0.2, 0.25) is 5.91 Å². The molecule has 162 valence electrons. The van der Waals surface area contributed by atoms with Crippen LogP contribution in [-0.4, -0.2) is 82.0 Å². The second-order valence-corrected chi connectivity index (χ2v) is 9.39. The van der Waals surface area contributed by atoms with E-state index < -0.39 is 9.84 Å². The fourth-order valence-electron chi connectivity index (χ4n) is 3.50. The largest absolute Gasteiger partial charge is 0.469 e. The molecule has 2 aliphatic heterocycles. The summed E-state index contributed by atoms with van der Waals surface area (Å²) in [5.74, 6) is 0.387. The molecule has 0 saturated carbocycles. The number of nitrogens with one attached hydrogen (secondary N) is 2. The van der Waals surface area contributed by atoms with E-state index in [2.05, 4.69) is 15.6 Å². The van der Waals surface area contributed by atoms with Crippen LogP contribution in [0.5, 0.6) is 0 Å². The molecule has 28 heavy (non-hydrogen) atoms. The number of carbonyl (C=O) groups is 2. The number of likely N-dealkylation sites (tertiary alicyclic amines) is 1. The number of esters is 1. The van der Waals surface area contributed by atoms with Crippen molar-refractivity contribution in [1.29, 1.82) is 0 Å². The van der Waals surface area contributed by atoms with Gasteiger partial charge in [0.05, 0.1) is 31.1 Å². The number of guanidine groups is 1. The van der Waals surface area contributed by atoms with E-state index in [1.54, 1.807) is 0 Å². The Hall–Kier alpha value is -1.11. The molecule has 0 radical (unpaired) electrons. The van der Waals surface area contributed by atoms with Gasteiger partial charge in [0.25, 0.3) is 0 Å². The van der Waals surface area contributed by atoms with Crippen LogP contribution >= 0.6 is 24.0 Å². The molecule has 0 aromatic heterocycles. The number of methoxy groups -OCH3 is 1. The molecule has 2 aliphatic rings. The number of nitrogens with zero attached hydrogens (tertiary/aromatic N) is 2. The second-order valence-electron chi connectivity index (χ2n) is 7.17. The summed E-state index contributed by atoms with van der Waals surface area (Å²) in [6.07, 6.45) is 0.663. The van der Waals surface area contributed by atoms with Crippen molar-refractivity contribution >= 4 is 51.6 Å². The summed E-state index contributed by atoms with van der Waals surface area (Å²) in [5, 5.41) is 5.96. The van der Waals surface area contributed by atoms with E-state index in [1.807, 2.05) is 18.7 Å². The third kappa shape index (κ3) is 7.05. The predicted molar refractivity (Wildman–Crippen MR) is 117 cm³/mol. The molecule has 2 N–H and O–H groups in total. The van der Waals surface area contributed by atoms with Crippen molar-refractivity contribution in [2.24, 2.45) is 16.8 Å². The molecule has 3 atom stereocenters. The van der Waals surface area contributed by atoms with Crippen LogP contribution in [0.1, 0.15) is 26.7 Å². The van der Waals surface area contributed by atoms with Crippen LogP contribution in [0.25, 0.3) is 0 Å². The van der Waals surface area contributed by atoms with Gasteiger partial charge >= 0.3 is 5.97 Å². The average Bonchev–Trinajstić information content (AvgIpc) is 3.15. The van der Waals surface area contributed by atoms with Gasteiger partial charge in [-0.1, -0.05) is 6.92 Å². The van der Waals surface area contributed by atoms with E-state index in [9.17, 15) is 18.0 Å². The molecule has 2 saturated heterocycles. The molecule has 11 heteroatoms. The lowest BCUT2D eigenvalue weighted by atomic mass is 9.99. The maximum absolute atomic E-state index is 12.0. The van der Waals surface area contributed by atoms with E-state index >= 15 is 0 Å². The van der Waals surface area contributed by atoms with E-state index in [-0.39, 0.29) is 71.7 Å². The molecule has 9 nitrogen and oxygen atoms in total. The minimum Gasteiger partial charge on any atom is -0.469 e. The number of ether oxygens (including phenoxy) is 1. The van der Waals surface area contributed by atoms with Crippen LogP contribution in [0.2, 0.25) is 0 Å². The number of halogens is 1. The lowest BCUT2D eigenvalue weighted by molar-refractivity contribution is -0.146. The van der Waals surface area contributed by atoms with Gasteiger partial charge in [0, 0.05) is 32.1 Å². The molecule has 0 aromatic carbocycles. The Labute approximate surface area is 184 Å². The van der Waals surface area contributed by atoms with Crippen molar-refractivity contribution in [3.8, 4) is 0 Å². The first-order chi connectivity index (χ1) is 12.8. The van der Waals surface area contributed by atoms with Crippen LogP contribution in [0.4, 0.5) is 0 Å². The number of aliphatic imine (C=N–C) groups is 1. The Morgan fingerprint density at radius 3 is 2.57 bits per heavy atom. The van der Waals surface area contributed by atoms with E-state index in [1.165, 1.54) is 7.11 Å². The number of hydrogen-bond acceptors (Lipinski definition) is 6. The Kier molecular flexibility index (Phi) is 9.95. The van der Waals surface area contributed by atoms with Crippen LogP contribution in [0.3, 0.4) is 0 Å². The highest BCUT2D eigenvalue weighted by molar-refractivity contribution is 14.0. The fourth-order valence-corrected chi connectivity index (χ4v) is 5.17.